The molecule has 1 fully saturated rings. The molecule has 112 valence electrons. The lowest BCUT2D eigenvalue weighted by atomic mass is 9.96. The highest BCUT2D eigenvalue weighted by molar-refractivity contribution is 9.10. The van der Waals surface area contributed by atoms with Gasteiger partial charge < -0.3 is 14.9 Å². The molecule has 0 saturated carbocycles. The van der Waals surface area contributed by atoms with Crippen molar-refractivity contribution in [2.45, 2.75) is 19.4 Å². The molecule has 6 heteroatoms. The van der Waals surface area contributed by atoms with Crippen LogP contribution in [0.4, 0.5) is 4.79 Å². The standard InChI is InChI=1S/C15H17BrN2O3/c16-12-1-2-13-11(7-12)9-18(14(13)19)8-10-3-5-17(6-4-10)15(20)21/h1-2,7,10H,3-6,8-9H2,(H,20,21). The maximum absolute atomic E-state index is 12.4. The fourth-order valence-corrected chi connectivity index (χ4v) is 3.52. The summed E-state index contributed by atoms with van der Waals surface area (Å²) in [5.41, 5.74) is 1.86. The Kier molecular flexibility index (Phi) is 3.89. The Morgan fingerprint density at radius 2 is 2.05 bits per heavy atom. The molecule has 0 unspecified atom stereocenters. The largest absolute Gasteiger partial charge is 0.465 e. The molecular formula is C15H17BrN2O3. The van der Waals surface area contributed by atoms with Gasteiger partial charge in [0.05, 0.1) is 0 Å². The first-order valence-corrected chi connectivity index (χ1v) is 7.89. The SMILES string of the molecule is O=C(O)N1CCC(CN2Cc3cc(Br)ccc3C2=O)CC1. The average Bonchev–Trinajstić information content (AvgIpc) is 2.75. The van der Waals surface area contributed by atoms with Crippen molar-refractivity contribution in [2.75, 3.05) is 19.6 Å². The number of fused-ring (bicyclic) bond motifs is 1. The molecule has 2 aliphatic rings. The topological polar surface area (TPSA) is 60.9 Å². The second-order valence-corrected chi connectivity index (χ2v) is 6.62. The van der Waals surface area contributed by atoms with Gasteiger partial charge >= 0.3 is 6.09 Å². The number of rotatable bonds is 2. The van der Waals surface area contributed by atoms with Crippen molar-refractivity contribution in [2.24, 2.45) is 5.92 Å². The summed E-state index contributed by atoms with van der Waals surface area (Å²) in [7, 11) is 0. The molecule has 1 aromatic carbocycles. The van der Waals surface area contributed by atoms with E-state index >= 15 is 0 Å². The van der Waals surface area contributed by atoms with Gasteiger partial charge in [0.2, 0.25) is 0 Å². The number of carboxylic acid groups (broad SMARTS) is 1. The minimum atomic E-state index is -0.844. The number of benzene rings is 1. The number of likely N-dealkylation sites (tertiary alicyclic amines) is 1. The van der Waals surface area contributed by atoms with Gasteiger partial charge in [-0.1, -0.05) is 15.9 Å². The van der Waals surface area contributed by atoms with Gasteiger partial charge in [0.25, 0.3) is 5.91 Å². The van der Waals surface area contributed by atoms with Crippen LogP contribution < -0.4 is 0 Å². The van der Waals surface area contributed by atoms with Gasteiger partial charge in [-0.3, -0.25) is 4.79 Å². The van der Waals surface area contributed by atoms with Crippen LogP contribution >= 0.6 is 15.9 Å². The summed E-state index contributed by atoms with van der Waals surface area (Å²) in [6.07, 6.45) is 0.814. The summed E-state index contributed by atoms with van der Waals surface area (Å²) in [6.45, 7) is 2.52. The first kappa shape index (κ1) is 14.4. The van der Waals surface area contributed by atoms with Crippen LogP contribution in [0.15, 0.2) is 22.7 Å². The van der Waals surface area contributed by atoms with Gasteiger partial charge in [-0.05, 0) is 42.5 Å². The van der Waals surface area contributed by atoms with Crippen LogP contribution in [0.1, 0.15) is 28.8 Å². The van der Waals surface area contributed by atoms with E-state index in [-0.39, 0.29) is 5.91 Å². The zero-order valence-corrected chi connectivity index (χ0v) is 13.2. The van der Waals surface area contributed by atoms with Crippen LogP contribution in [-0.4, -0.2) is 46.5 Å². The Bertz CT molecular complexity index is 582. The quantitative estimate of drug-likeness (QED) is 0.890. The predicted molar refractivity (Wildman–Crippen MR) is 81.2 cm³/mol. The van der Waals surface area contributed by atoms with Crippen molar-refractivity contribution in [3.05, 3.63) is 33.8 Å². The van der Waals surface area contributed by atoms with Crippen LogP contribution in [0.3, 0.4) is 0 Å². The number of nitrogens with zero attached hydrogens (tertiary/aromatic N) is 2. The van der Waals surface area contributed by atoms with Crippen LogP contribution in [0.5, 0.6) is 0 Å². The molecular weight excluding hydrogens is 336 g/mol. The number of carbonyl (C=O) groups is 2. The normalized spacial score (nSPS) is 19.0. The van der Waals surface area contributed by atoms with Crippen molar-refractivity contribution in [1.82, 2.24) is 9.80 Å². The second-order valence-electron chi connectivity index (χ2n) is 5.70. The highest BCUT2D eigenvalue weighted by Gasteiger charge is 2.31. The first-order valence-electron chi connectivity index (χ1n) is 7.10. The molecule has 2 heterocycles. The van der Waals surface area contributed by atoms with Crippen LogP contribution in [0.25, 0.3) is 0 Å². The molecule has 2 aliphatic heterocycles. The molecule has 0 radical (unpaired) electrons. The number of halogens is 1. The molecule has 0 aromatic heterocycles. The molecule has 3 rings (SSSR count). The van der Waals surface area contributed by atoms with Gasteiger partial charge in [-0.25, -0.2) is 4.79 Å². The van der Waals surface area contributed by atoms with Gasteiger partial charge in [0.1, 0.15) is 0 Å². The third-order valence-electron chi connectivity index (χ3n) is 4.31. The molecule has 1 aromatic rings. The number of piperidine rings is 1. The fraction of sp³-hybridized carbons (Fsp3) is 0.467. The van der Waals surface area contributed by atoms with E-state index in [0.29, 0.717) is 25.6 Å². The maximum Gasteiger partial charge on any atom is 0.407 e. The number of hydrogen-bond donors (Lipinski definition) is 1. The van der Waals surface area contributed by atoms with Crippen LogP contribution in [0, 0.1) is 5.92 Å². The highest BCUT2D eigenvalue weighted by Crippen LogP contribution is 2.28. The third-order valence-corrected chi connectivity index (χ3v) is 4.80. The van der Waals surface area contributed by atoms with E-state index in [1.165, 1.54) is 4.90 Å². The van der Waals surface area contributed by atoms with Crippen LogP contribution in [0.2, 0.25) is 0 Å². The third kappa shape index (κ3) is 2.90. The van der Waals surface area contributed by atoms with Gasteiger partial charge in [0.15, 0.2) is 0 Å². The summed E-state index contributed by atoms with van der Waals surface area (Å²) in [6, 6.07) is 5.76. The fourth-order valence-electron chi connectivity index (χ4n) is 3.12. The Morgan fingerprint density at radius 3 is 2.71 bits per heavy atom. The Labute approximate surface area is 131 Å². The number of hydrogen-bond acceptors (Lipinski definition) is 2. The van der Waals surface area contributed by atoms with Crippen molar-refractivity contribution in [3.63, 3.8) is 0 Å². The smallest absolute Gasteiger partial charge is 0.407 e. The molecule has 21 heavy (non-hydrogen) atoms. The summed E-state index contributed by atoms with van der Waals surface area (Å²) < 4.78 is 0.991. The molecule has 1 saturated heterocycles. The maximum atomic E-state index is 12.4. The molecule has 1 N–H and O–H groups in total. The highest BCUT2D eigenvalue weighted by atomic mass is 79.9. The summed E-state index contributed by atoms with van der Waals surface area (Å²) in [4.78, 5) is 26.6. The molecule has 0 atom stereocenters. The second kappa shape index (κ2) is 5.67. The lowest BCUT2D eigenvalue weighted by Crippen LogP contribution is -2.41. The van der Waals surface area contributed by atoms with E-state index in [0.717, 1.165) is 35.0 Å². The van der Waals surface area contributed by atoms with Crippen molar-refractivity contribution >= 4 is 27.9 Å². The van der Waals surface area contributed by atoms with Crippen molar-refractivity contribution in [1.29, 1.82) is 0 Å². The average molecular weight is 353 g/mol. The Morgan fingerprint density at radius 1 is 1.33 bits per heavy atom. The van der Waals surface area contributed by atoms with Gasteiger partial charge in [-0.2, -0.15) is 0 Å². The van der Waals surface area contributed by atoms with E-state index in [2.05, 4.69) is 15.9 Å². The molecule has 5 nitrogen and oxygen atoms in total. The van der Waals surface area contributed by atoms with Crippen LogP contribution in [-0.2, 0) is 6.54 Å². The molecule has 0 bridgehead atoms. The van der Waals surface area contributed by atoms with Gasteiger partial charge in [-0.15, -0.1) is 0 Å². The van der Waals surface area contributed by atoms with E-state index in [1.54, 1.807) is 0 Å². The van der Waals surface area contributed by atoms with E-state index in [9.17, 15) is 9.59 Å². The minimum Gasteiger partial charge on any atom is -0.465 e. The zero-order chi connectivity index (χ0) is 15.0. The van der Waals surface area contributed by atoms with E-state index in [1.807, 2.05) is 23.1 Å². The summed E-state index contributed by atoms with van der Waals surface area (Å²) >= 11 is 3.43. The Balaban J connectivity index is 1.61. The minimum absolute atomic E-state index is 0.0955. The number of amides is 2. The number of carbonyl (C=O) groups excluding carboxylic acids is 1. The first-order chi connectivity index (χ1) is 10.0. The zero-order valence-electron chi connectivity index (χ0n) is 11.6. The molecule has 0 spiro atoms. The summed E-state index contributed by atoms with van der Waals surface area (Å²) in [5, 5.41) is 8.95. The molecule has 0 aliphatic carbocycles. The lowest BCUT2D eigenvalue weighted by Gasteiger charge is -2.32. The van der Waals surface area contributed by atoms with Gasteiger partial charge in [0, 0.05) is 36.2 Å². The van der Waals surface area contributed by atoms with Crippen molar-refractivity contribution in [3.8, 4) is 0 Å². The van der Waals surface area contributed by atoms with E-state index in [4.69, 9.17) is 5.11 Å². The molecule has 2 amide bonds. The Hall–Kier alpha value is -1.56. The van der Waals surface area contributed by atoms with Crippen molar-refractivity contribution < 1.29 is 14.7 Å². The predicted octanol–water partition coefficient (Wildman–Crippen LogP) is 2.79. The van der Waals surface area contributed by atoms with E-state index < -0.39 is 6.09 Å². The summed E-state index contributed by atoms with van der Waals surface area (Å²) in [5.74, 6) is 0.487. The monoisotopic (exact) mass is 352 g/mol. The lowest BCUT2D eigenvalue weighted by molar-refractivity contribution is 0.0707.